The van der Waals surface area contributed by atoms with Gasteiger partial charge in [0.2, 0.25) is 0 Å². The van der Waals surface area contributed by atoms with Crippen LogP contribution in [0.5, 0.6) is 5.75 Å². The maximum absolute atomic E-state index is 12.4. The van der Waals surface area contributed by atoms with Crippen LogP contribution in [0.1, 0.15) is 33.6 Å². The fraction of sp³-hybridized carbons (Fsp3) is 0.217. The molecule has 0 atom stereocenters. The first-order valence-electron chi connectivity index (χ1n) is 9.83. The molecule has 0 spiro atoms. The highest BCUT2D eigenvalue weighted by molar-refractivity contribution is 7.16. The van der Waals surface area contributed by atoms with Gasteiger partial charge in [-0.25, -0.2) is 4.98 Å². The predicted octanol–water partition coefficient (Wildman–Crippen LogP) is 5.83. The summed E-state index contributed by atoms with van der Waals surface area (Å²) in [6, 6.07) is 11.4. The molecule has 5 rings (SSSR count). The molecule has 30 heavy (non-hydrogen) atoms. The molecule has 1 amide bonds. The first-order chi connectivity index (χ1) is 14.5. The van der Waals surface area contributed by atoms with Crippen LogP contribution in [-0.4, -0.2) is 18.0 Å². The molecule has 0 aliphatic heterocycles. The number of amides is 1. The number of pyridine rings is 1. The first-order valence-corrected chi connectivity index (χ1v) is 11.0. The van der Waals surface area contributed by atoms with Gasteiger partial charge in [0.15, 0.2) is 0 Å². The largest absolute Gasteiger partial charge is 0.497 e. The van der Waals surface area contributed by atoms with Gasteiger partial charge in [-0.3, -0.25) is 4.79 Å². The van der Waals surface area contributed by atoms with Crippen molar-refractivity contribution in [2.24, 2.45) is 5.73 Å². The lowest BCUT2D eigenvalue weighted by Gasteiger charge is -2.14. The van der Waals surface area contributed by atoms with Gasteiger partial charge in [0, 0.05) is 20.7 Å². The molecule has 0 fully saturated rings. The van der Waals surface area contributed by atoms with E-state index in [2.05, 4.69) is 5.32 Å². The van der Waals surface area contributed by atoms with Crippen molar-refractivity contribution in [1.29, 1.82) is 0 Å². The van der Waals surface area contributed by atoms with Crippen LogP contribution in [0.15, 0.2) is 36.4 Å². The number of hydrogen-bond acceptors (Lipinski definition) is 5. The van der Waals surface area contributed by atoms with Crippen molar-refractivity contribution < 1.29 is 9.53 Å². The monoisotopic (exact) mass is 437 g/mol. The third-order valence-corrected chi connectivity index (χ3v) is 7.04. The van der Waals surface area contributed by atoms with E-state index in [9.17, 15) is 4.79 Å². The number of carbonyl (C=O) groups is 1. The van der Waals surface area contributed by atoms with Crippen LogP contribution >= 0.6 is 22.9 Å². The smallest absolute Gasteiger partial charge is 0.251 e. The molecule has 1 aliphatic carbocycles. The molecular formula is C23H20ClN3O2S. The lowest BCUT2D eigenvalue weighted by Crippen LogP contribution is -2.15. The minimum absolute atomic E-state index is 0.389. The number of primary amides is 1. The SMILES string of the molecule is COc1ccc2nc3cc(Cl)ccc3c(Nc3sc4c(c3C(N)=O)CCCC4)c2c1. The van der Waals surface area contributed by atoms with Gasteiger partial charge >= 0.3 is 0 Å². The van der Waals surface area contributed by atoms with E-state index in [1.165, 1.54) is 4.88 Å². The maximum Gasteiger partial charge on any atom is 0.251 e. The Morgan fingerprint density at radius 1 is 1.13 bits per heavy atom. The zero-order valence-electron chi connectivity index (χ0n) is 16.4. The number of ether oxygens (including phenoxy) is 1. The van der Waals surface area contributed by atoms with Crippen molar-refractivity contribution in [1.82, 2.24) is 4.98 Å². The van der Waals surface area contributed by atoms with E-state index in [0.717, 1.165) is 69.5 Å². The molecule has 7 heteroatoms. The number of aryl methyl sites for hydroxylation is 1. The van der Waals surface area contributed by atoms with Gasteiger partial charge in [-0.05, 0) is 67.6 Å². The van der Waals surface area contributed by atoms with E-state index in [1.807, 2.05) is 36.4 Å². The Kier molecular flexibility index (Phi) is 4.76. The molecular weight excluding hydrogens is 418 g/mol. The number of thiophene rings is 1. The van der Waals surface area contributed by atoms with Crippen LogP contribution in [0.25, 0.3) is 21.8 Å². The van der Waals surface area contributed by atoms with E-state index in [-0.39, 0.29) is 5.91 Å². The van der Waals surface area contributed by atoms with Crippen molar-refractivity contribution >= 4 is 61.3 Å². The van der Waals surface area contributed by atoms with Crippen molar-refractivity contribution in [3.63, 3.8) is 0 Å². The van der Waals surface area contributed by atoms with Crippen LogP contribution in [0.4, 0.5) is 10.7 Å². The fourth-order valence-electron chi connectivity index (χ4n) is 4.19. The second kappa shape index (κ2) is 7.45. The number of fused-ring (bicyclic) bond motifs is 3. The molecule has 0 saturated heterocycles. The third kappa shape index (κ3) is 3.16. The van der Waals surface area contributed by atoms with Gasteiger partial charge in [0.25, 0.3) is 5.91 Å². The van der Waals surface area contributed by atoms with E-state index in [0.29, 0.717) is 10.6 Å². The van der Waals surface area contributed by atoms with Gasteiger partial charge in [0.05, 0.1) is 29.4 Å². The summed E-state index contributed by atoms with van der Waals surface area (Å²) < 4.78 is 5.44. The Balaban J connectivity index is 1.77. The quantitative estimate of drug-likeness (QED) is 0.393. The number of methoxy groups -OCH3 is 1. The van der Waals surface area contributed by atoms with Crippen molar-refractivity contribution in [3.8, 4) is 5.75 Å². The number of hydrogen-bond donors (Lipinski definition) is 2. The second-order valence-electron chi connectivity index (χ2n) is 7.44. The number of nitrogens with one attached hydrogen (secondary N) is 1. The number of rotatable bonds is 4. The average Bonchev–Trinajstić information content (AvgIpc) is 3.11. The van der Waals surface area contributed by atoms with Crippen LogP contribution < -0.4 is 15.8 Å². The number of benzene rings is 2. The van der Waals surface area contributed by atoms with Gasteiger partial charge in [0.1, 0.15) is 10.8 Å². The number of aromatic nitrogens is 1. The van der Waals surface area contributed by atoms with Gasteiger partial charge < -0.3 is 15.8 Å². The van der Waals surface area contributed by atoms with Crippen LogP contribution in [0.2, 0.25) is 5.02 Å². The number of halogens is 1. The highest BCUT2D eigenvalue weighted by Crippen LogP contribution is 2.42. The Bertz CT molecular complexity index is 1320. The predicted molar refractivity (Wildman–Crippen MR) is 124 cm³/mol. The van der Waals surface area contributed by atoms with E-state index in [1.54, 1.807) is 18.4 Å². The summed E-state index contributed by atoms with van der Waals surface area (Å²) in [6.45, 7) is 0. The maximum atomic E-state index is 12.4. The summed E-state index contributed by atoms with van der Waals surface area (Å²) in [5.74, 6) is 0.349. The van der Waals surface area contributed by atoms with Crippen molar-refractivity contribution in [3.05, 3.63) is 57.4 Å². The minimum Gasteiger partial charge on any atom is -0.497 e. The van der Waals surface area contributed by atoms with Gasteiger partial charge in [-0.15, -0.1) is 11.3 Å². The van der Waals surface area contributed by atoms with Gasteiger partial charge in [-0.2, -0.15) is 0 Å². The fourth-order valence-corrected chi connectivity index (χ4v) is 5.65. The molecule has 152 valence electrons. The Morgan fingerprint density at radius 3 is 2.77 bits per heavy atom. The molecule has 5 nitrogen and oxygen atoms in total. The summed E-state index contributed by atoms with van der Waals surface area (Å²) in [4.78, 5) is 18.4. The summed E-state index contributed by atoms with van der Waals surface area (Å²) in [7, 11) is 1.64. The standard InChI is InChI=1S/C23H20ClN3O2S/c1-29-13-7-9-17-16(11-13)21(14-8-6-12(24)10-18(14)26-17)27-23-20(22(25)28)15-4-2-3-5-19(15)30-23/h6-11H,2-5H2,1H3,(H2,25,28)(H,26,27). The minimum atomic E-state index is -0.389. The molecule has 1 aliphatic rings. The number of anilines is 2. The summed E-state index contributed by atoms with van der Waals surface area (Å²) in [5, 5.41) is 6.79. The Labute approximate surface area is 182 Å². The van der Waals surface area contributed by atoms with E-state index in [4.69, 9.17) is 27.1 Å². The molecule has 4 aromatic rings. The van der Waals surface area contributed by atoms with E-state index < -0.39 is 0 Å². The lowest BCUT2D eigenvalue weighted by atomic mass is 9.95. The molecule has 2 aromatic carbocycles. The second-order valence-corrected chi connectivity index (χ2v) is 8.98. The topological polar surface area (TPSA) is 77.2 Å². The molecule has 0 radical (unpaired) electrons. The average molecular weight is 438 g/mol. The zero-order valence-corrected chi connectivity index (χ0v) is 18.0. The van der Waals surface area contributed by atoms with Crippen LogP contribution in [0, 0.1) is 0 Å². The highest BCUT2D eigenvalue weighted by atomic mass is 35.5. The molecule has 2 heterocycles. The summed E-state index contributed by atoms with van der Waals surface area (Å²) in [5.41, 5.74) is 9.99. The summed E-state index contributed by atoms with van der Waals surface area (Å²) >= 11 is 7.85. The van der Waals surface area contributed by atoms with Crippen LogP contribution in [-0.2, 0) is 12.8 Å². The first kappa shape index (κ1) is 19.2. The van der Waals surface area contributed by atoms with Crippen LogP contribution in [0.3, 0.4) is 0 Å². The highest BCUT2D eigenvalue weighted by Gasteiger charge is 2.25. The lowest BCUT2D eigenvalue weighted by molar-refractivity contribution is 0.100. The third-order valence-electron chi connectivity index (χ3n) is 5.60. The van der Waals surface area contributed by atoms with Crippen molar-refractivity contribution in [2.45, 2.75) is 25.7 Å². The molecule has 2 aromatic heterocycles. The number of carbonyl (C=O) groups excluding carboxylic acids is 1. The number of nitrogens with two attached hydrogens (primary N) is 1. The normalized spacial score (nSPS) is 13.4. The zero-order chi connectivity index (χ0) is 20.8. The molecule has 0 saturated carbocycles. The Hall–Kier alpha value is -2.83. The number of nitrogens with zero attached hydrogens (tertiary/aromatic N) is 1. The molecule has 3 N–H and O–H groups in total. The summed E-state index contributed by atoms with van der Waals surface area (Å²) in [6.07, 6.45) is 4.11. The Morgan fingerprint density at radius 2 is 1.97 bits per heavy atom. The molecule has 0 bridgehead atoms. The molecule has 0 unspecified atom stereocenters. The van der Waals surface area contributed by atoms with Crippen molar-refractivity contribution in [2.75, 3.05) is 12.4 Å². The van der Waals surface area contributed by atoms with E-state index >= 15 is 0 Å². The van der Waals surface area contributed by atoms with Gasteiger partial charge in [-0.1, -0.05) is 11.6 Å².